The Morgan fingerprint density at radius 1 is 0.321 bits per heavy atom. The van der Waals surface area contributed by atoms with Crippen LogP contribution in [0.2, 0.25) is 0 Å². The molecule has 0 spiro atoms. The van der Waals surface area contributed by atoms with Gasteiger partial charge in [0.1, 0.15) is 42.8 Å². The zero-order valence-electron chi connectivity index (χ0n) is 78.5. The molecule has 0 bridgehead atoms. The number of benzene rings is 11. The van der Waals surface area contributed by atoms with Gasteiger partial charge in [0.2, 0.25) is 0 Å². The molecule has 131 heavy (non-hydrogen) atoms. The highest BCUT2D eigenvalue weighted by Crippen LogP contribution is 2.46. The van der Waals surface area contributed by atoms with Crippen LogP contribution >= 0.6 is 0 Å². The zero-order chi connectivity index (χ0) is 93.0. The van der Waals surface area contributed by atoms with Crippen LogP contribution in [0.25, 0.3) is 0 Å². The lowest BCUT2D eigenvalue weighted by Crippen LogP contribution is -2.21. The number of ether oxygens (including phenoxy) is 4. The van der Waals surface area contributed by atoms with E-state index in [1.165, 1.54) is 96.5 Å². The van der Waals surface area contributed by atoms with Crippen LogP contribution in [-0.2, 0) is 26.4 Å². The van der Waals surface area contributed by atoms with Crippen molar-refractivity contribution in [3.05, 3.63) is 356 Å². The number of aryl methyl sites for hydroxylation is 2. The molecule has 9 aliphatic carbocycles. The number of nitrogens with zero attached hydrogens (tertiary/aromatic N) is 3. The predicted octanol–water partition coefficient (Wildman–Crippen LogP) is 17.5. The summed E-state index contributed by atoms with van der Waals surface area (Å²) in [4.78, 5) is 6.63. The van der Waals surface area contributed by atoms with Crippen LogP contribution in [0, 0.1) is 26.2 Å². The van der Waals surface area contributed by atoms with E-state index in [1.807, 2.05) is 91.0 Å². The van der Waals surface area contributed by atoms with Crippen LogP contribution in [0.15, 0.2) is 273 Å². The smallest absolute Gasteiger partial charge is 0.148 e. The largest absolute Gasteiger partial charge is 0.494 e. The van der Waals surface area contributed by atoms with E-state index in [0.717, 1.165) is 112 Å². The van der Waals surface area contributed by atoms with Gasteiger partial charge in [-0.05, 0) is 251 Å². The van der Waals surface area contributed by atoms with E-state index in [2.05, 4.69) is 258 Å². The van der Waals surface area contributed by atoms with Crippen LogP contribution in [0.5, 0.6) is 23.0 Å². The van der Waals surface area contributed by atoms with Gasteiger partial charge < -0.3 is 95.5 Å². The molecule has 20 N–H and O–H groups in total. The van der Waals surface area contributed by atoms with Gasteiger partial charge in [-0.3, -0.25) is 0 Å². The van der Waals surface area contributed by atoms with Gasteiger partial charge in [0.25, 0.3) is 0 Å². The molecule has 0 aromatic heterocycles. The maximum absolute atomic E-state index is 9.10. The molecule has 9 saturated carbocycles. The van der Waals surface area contributed by atoms with E-state index in [9.17, 15) is 0 Å². The second-order valence-electron chi connectivity index (χ2n) is 37.3. The summed E-state index contributed by atoms with van der Waals surface area (Å²) in [6.07, 6.45) is 16.3. The second-order valence-corrected chi connectivity index (χ2v) is 37.3. The monoisotopic (exact) mass is 1770 g/mol. The Labute approximate surface area is 781 Å². The fourth-order valence-corrected chi connectivity index (χ4v) is 16.2. The average Bonchev–Trinajstić information content (AvgIpc) is 1.66. The van der Waals surface area contributed by atoms with Gasteiger partial charge >= 0.3 is 0 Å². The van der Waals surface area contributed by atoms with Gasteiger partial charge in [0.15, 0.2) is 0 Å². The summed E-state index contributed by atoms with van der Waals surface area (Å²) in [5.74, 6) is 11.3. The molecule has 0 saturated heterocycles. The first-order valence-corrected chi connectivity index (χ1v) is 47.3. The van der Waals surface area contributed by atoms with Crippen molar-refractivity contribution >= 4 is 11.4 Å². The third kappa shape index (κ3) is 32.3. The van der Waals surface area contributed by atoms with Crippen LogP contribution in [0.1, 0.15) is 215 Å². The molecule has 0 amide bonds. The van der Waals surface area contributed by atoms with Crippen LogP contribution in [-0.4, -0.2) is 131 Å². The van der Waals surface area contributed by atoms with Crippen molar-refractivity contribution in [2.24, 2.45) is 51.6 Å². The minimum Gasteiger partial charge on any atom is -0.494 e. The first kappa shape index (κ1) is 99.3. The maximum atomic E-state index is 9.10. The molecule has 18 atom stereocenters. The van der Waals surface area contributed by atoms with Crippen molar-refractivity contribution in [3.63, 3.8) is 0 Å². The molecular formula is C113H146N12O6. The second kappa shape index (κ2) is 49.2. The van der Waals surface area contributed by atoms with Gasteiger partial charge in [-0.25, -0.2) is 0 Å². The maximum Gasteiger partial charge on any atom is 0.148 e. The Hall–Kier alpha value is -10.7. The Bertz CT molecular complexity index is 5180. The van der Waals surface area contributed by atoms with Gasteiger partial charge in [0.05, 0.1) is 19.8 Å². The predicted molar refractivity (Wildman–Crippen MR) is 540 cm³/mol. The van der Waals surface area contributed by atoms with Gasteiger partial charge in [-0.1, -0.05) is 217 Å². The molecule has 11 aromatic carbocycles. The Morgan fingerprint density at radius 2 is 0.618 bits per heavy atom. The molecule has 0 aliphatic heterocycles. The Kier molecular flexibility index (Phi) is 37.3. The number of nitrogens with two attached hydrogens (primary N) is 9. The molecule has 9 fully saturated rings. The third-order valence-electron chi connectivity index (χ3n) is 25.9. The number of anilines is 2. The summed E-state index contributed by atoms with van der Waals surface area (Å²) in [6.45, 7) is 14.1. The standard InChI is InChI=1S/2C16H17NO.C14H22N2O.C13H20N2.C12H13NO.C11H16N2.C11H15NO2.2C10H13N/c17-16-10-15(16)13-7-4-8-14(9-13)18-11-12-5-2-1-3-6-12;17-16-10-15(16)13-6-8-14(9-7-13)18-11-12-4-2-1-3-5-12;1-16(2)8-3-9-17-12-6-4-11(5-7-12)13-10-14(13)15;1-3-15(4-2)11-7-5-10(6-8-11)12-9-13(12)14;1-2-7-14-10-5-3-9(4-6-10)11-8-12(11)13;1-13(2)9-5-3-8(4-6-9)10-7-11(10)12;12-11-4-10(11)7-1-2-8(5-13)9(3-7)6-14;2*1-7-2-4-8(5-3-7)9-6-10(9)11/h2*1-9,15-16H,10-11,17H2;4-7,13-14H,3,8-10,15H2,1-2H3;5-8,12-13H,3-4,9,14H2,1-2H3;1,3-6,11-12H,7-8,13H2;3-6,10-11H,7,12H2,1-2H3;1-3,10-11,13-14H,4-6,12H2;2*2-5,9-10H,6,11H2,1H3. The summed E-state index contributed by atoms with van der Waals surface area (Å²) in [5.41, 5.74) is 73.4. The van der Waals surface area contributed by atoms with Crippen LogP contribution in [0.4, 0.5) is 11.4 Å². The van der Waals surface area contributed by atoms with Gasteiger partial charge in [-0.15, -0.1) is 6.42 Å². The number of terminal acetylenes is 1. The molecule has 18 nitrogen and oxygen atoms in total. The van der Waals surface area contributed by atoms with Crippen LogP contribution < -0.4 is 80.4 Å². The quantitative estimate of drug-likeness (QED) is 0.0160. The Balaban J connectivity index is 0.000000134. The lowest BCUT2D eigenvalue weighted by Gasteiger charge is -2.21. The fraction of sp³-hybridized carbons (Fsp3) is 0.398. The molecule has 11 aromatic rings. The highest BCUT2D eigenvalue weighted by Gasteiger charge is 2.40. The first-order valence-electron chi connectivity index (χ1n) is 47.3. The van der Waals surface area contributed by atoms with E-state index in [0.29, 0.717) is 121 Å². The minimum absolute atomic E-state index is 0.0209. The molecular weight excluding hydrogens is 1620 g/mol. The fourth-order valence-electron chi connectivity index (χ4n) is 16.2. The summed E-state index contributed by atoms with van der Waals surface area (Å²) in [5, 5.41) is 18.1. The average molecular weight is 1770 g/mol. The molecule has 20 rings (SSSR count). The third-order valence-corrected chi connectivity index (χ3v) is 25.9. The SMILES string of the molecule is C#CCOc1ccc(C2CC2N)cc1.CCN(CC)c1ccc(C2CC2N)cc1.CN(C)CCCOc1ccc(C2CC2N)cc1.CN(C)c1ccc(C2CC2N)cc1.Cc1ccc(C2CC2N)cc1.Cc1ccc(C2CC2N)cc1.NC1CC1c1ccc(CO)c(CO)c1.NC1CC1c1ccc(OCc2ccccc2)cc1.NC1CC1c1cccc(OCc2ccccc2)c1. The highest BCUT2D eigenvalue weighted by atomic mass is 16.5. The summed E-state index contributed by atoms with van der Waals surface area (Å²) >= 11 is 0. The highest BCUT2D eigenvalue weighted by molar-refractivity contribution is 5.50. The van der Waals surface area contributed by atoms with Gasteiger partial charge in [-0.2, -0.15) is 0 Å². The molecule has 18 unspecified atom stereocenters. The molecule has 694 valence electrons. The molecule has 0 radical (unpaired) electrons. The van der Waals surface area contributed by atoms with Crippen molar-refractivity contribution in [2.45, 2.75) is 226 Å². The van der Waals surface area contributed by atoms with Crippen molar-refractivity contribution in [1.82, 2.24) is 4.90 Å². The number of aliphatic hydroxyl groups is 2. The van der Waals surface area contributed by atoms with Crippen molar-refractivity contribution < 1.29 is 29.2 Å². The number of aliphatic hydroxyl groups excluding tert-OH is 2. The number of hydrogen-bond donors (Lipinski definition) is 11. The zero-order valence-corrected chi connectivity index (χ0v) is 78.5. The first-order chi connectivity index (χ1) is 63.4. The summed E-state index contributed by atoms with van der Waals surface area (Å²) in [6, 6.07) is 97.5. The number of hydrogen-bond acceptors (Lipinski definition) is 18. The molecule has 9 aliphatic rings. The lowest BCUT2D eigenvalue weighted by atomic mass is 10.0. The summed E-state index contributed by atoms with van der Waals surface area (Å²) in [7, 11) is 8.26. The Morgan fingerprint density at radius 3 is 0.939 bits per heavy atom. The van der Waals surface area contributed by atoms with E-state index in [4.69, 9.17) is 87.2 Å². The van der Waals surface area contributed by atoms with Crippen LogP contribution in [0.3, 0.4) is 0 Å². The molecule has 18 heteroatoms. The minimum atomic E-state index is -0.0221. The van der Waals surface area contributed by atoms with Gasteiger partial charge in [0, 0.05) is 153 Å². The van der Waals surface area contributed by atoms with E-state index >= 15 is 0 Å². The van der Waals surface area contributed by atoms with E-state index < -0.39 is 0 Å². The van der Waals surface area contributed by atoms with E-state index in [-0.39, 0.29) is 19.3 Å². The number of rotatable bonds is 28. The topological polar surface area (TPSA) is 321 Å². The molecule has 0 heterocycles. The van der Waals surface area contributed by atoms with Crippen molar-refractivity contribution in [2.75, 3.05) is 70.8 Å². The van der Waals surface area contributed by atoms with Crippen molar-refractivity contribution in [3.8, 4) is 35.3 Å². The normalized spacial score (nSPS) is 24.2. The summed E-state index contributed by atoms with van der Waals surface area (Å²) < 4.78 is 22.5. The lowest BCUT2D eigenvalue weighted by molar-refractivity contribution is 0.260. The van der Waals surface area contributed by atoms with Crippen molar-refractivity contribution in [1.29, 1.82) is 0 Å². The van der Waals surface area contributed by atoms with E-state index in [1.54, 1.807) is 0 Å².